The molecule has 1 aromatic carbocycles. The van der Waals surface area contributed by atoms with Gasteiger partial charge < -0.3 is 9.88 Å². The predicted molar refractivity (Wildman–Crippen MR) is 139 cm³/mol. The van der Waals surface area contributed by atoms with E-state index in [2.05, 4.69) is 43.8 Å². The highest BCUT2D eigenvalue weighted by Gasteiger charge is 2.22. The molecule has 33 heavy (non-hydrogen) atoms. The number of thioether (sulfide) groups is 1. The van der Waals surface area contributed by atoms with Crippen molar-refractivity contribution < 1.29 is 4.79 Å². The summed E-state index contributed by atoms with van der Waals surface area (Å²) in [7, 11) is 4.10. The molecule has 0 aliphatic heterocycles. The molecular weight excluding hydrogens is 499 g/mol. The summed E-state index contributed by atoms with van der Waals surface area (Å²) in [5.41, 5.74) is 1.58. The summed E-state index contributed by atoms with van der Waals surface area (Å²) in [6.45, 7) is 5.14. The Bertz CT molecular complexity index is 1080. The second kappa shape index (κ2) is 12.2. The molecule has 7 nitrogen and oxygen atoms in total. The first-order chi connectivity index (χ1) is 15.8. The quantitative estimate of drug-likeness (QED) is 0.297. The first-order valence-corrected chi connectivity index (χ1v) is 13.4. The number of unbranched alkanes of at least 4 members (excludes halogenated alkanes) is 1. The van der Waals surface area contributed by atoms with E-state index >= 15 is 0 Å². The molecule has 1 atom stereocenters. The highest BCUT2D eigenvalue weighted by atomic mass is 35.5. The number of halogens is 2. The minimum atomic E-state index is -0.138. The minimum Gasteiger partial charge on any atom is -0.305 e. The molecule has 0 unspecified atom stereocenters. The number of thiazole rings is 1. The van der Waals surface area contributed by atoms with Gasteiger partial charge in [0.2, 0.25) is 5.91 Å². The van der Waals surface area contributed by atoms with Gasteiger partial charge in [-0.2, -0.15) is 0 Å². The topological polar surface area (TPSA) is 75.9 Å². The van der Waals surface area contributed by atoms with Crippen LogP contribution in [0.15, 0.2) is 28.7 Å². The van der Waals surface area contributed by atoms with Crippen LogP contribution < -0.4 is 5.32 Å². The molecule has 1 N–H and O–H groups in total. The van der Waals surface area contributed by atoms with Crippen LogP contribution in [0.3, 0.4) is 0 Å². The van der Waals surface area contributed by atoms with Crippen molar-refractivity contribution in [1.29, 1.82) is 0 Å². The fourth-order valence-corrected chi connectivity index (χ4v) is 5.17. The third-order valence-corrected chi connectivity index (χ3v) is 7.55. The van der Waals surface area contributed by atoms with Gasteiger partial charge in [0, 0.05) is 17.5 Å². The van der Waals surface area contributed by atoms with Gasteiger partial charge >= 0.3 is 0 Å². The van der Waals surface area contributed by atoms with E-state index in [0.717, 1.165) is 48.0 Å². The average Bonchev–Trinajstić information content (AvgIpc) is 3.40. The van der Waals surface area contributed by atoms with Crippen molar-refractivity contribution in [3.63, 3.8) is 0 Å². The van der Waals surface area contributed by atoms with Crippen LogP contribution in [0.1, 0.15) is 45.0 Å². The Hall–Kier alpha value is -1.65. The number of carbonyl (C=O) groups excluding carboxylic acids is 1. The number of anilines is 1. The van der Waals surface area contributed by atoms with Crippen LogP contribution in [0.5, 0.6) is 0 Å². The van der Waals surface area contributed by atoms with E-state index in [1.54, 1.807) is 12.1 Å². The molecule has 178 valence electrons. The molecule has 11 heteroatoms. The summed E-state index contributed by atoms with van der Waals surface area (Å²) < 4.78 is 2.15. The molecule has 0 spiro atoms. The molecule has 2 heterocycles. The van der Waals surface area contributed by atoms with Gasteiger partial charge in [0.15, 0.2) is 16.1 Å². The molecule has 1 amide bonds. The van der Waals surface area contributed by atoms with E-state index in [1.165, 1.54) is 23.1 Å². The zero-order chi connectivity index (χ0) is 24.0. The van der Waals surface area contributed by atoms with Crippen molar-refractivity contribution in [1.82, 2.24) is 24.6 Å². The van der Waals surface area contributed by atoms with Gasteiger partial charge in [-0.25, -0.2) is 4.98 Å². The largest absolute Gasteiger partial charge is 0.305 e. The Kier molecular flexibility index (Phi) is 9.57. The number of hydrogen-bond donors (Lipinski definition) is 1. The third-order valence-electron chi connectivity index (χ3n) is 5.09. The second-order valence-corrected chi connectivity index (χ2v) is 10.4. The van der Waals surface area contributed by atoms with Crippen molar-refractivity contribution in [2.45, 2.75) is 50.9 Å². The van der Waals surface area contributed by atoms with Crippen molar-refractivity contribution in [3.8, 4) is 11.3 Å². The first-order valence-electron chi connectivity index (χ1n) is 10.8. The number of nitrogens with zero attached hydrogens (tertiary/aromatic N) is 5. The molecule has 2 aromatic heterocycles. The standard InChI is InChI=1S/C22H28Cl2N6OS2/c1-5-7-10-30-20(18(6-2)29(3)4)27-28-22(30)33-13-19(31)26-21-25-17(12-32-21)14-8-9-15(23)16(24)11-14/h8-9,11-12,18H,5-7,10,13H2,1-4H3,(H,25,26,31)/t18-/m0/s1. The highest BCUT2D eigenvalue weighted by molar-refractivity contribution is 7.99. The van der Waals surface area contributed by atoms with E-state index in [4.69, 9.17) is 23.2 Å². The molecule has 0 aliphatic rings. The normalized spacial score (nSPS) is 12.3. The molecule has 0 saturated heterocycles. The van der Waals surface area contributed by atoms with Crippen LogP contribution in [-0.2, 0) is 11.3 Å². The Morgan fingerprint density at radius 2 is 2.03 bits per heavy atom. The predicted octanol–water partition coefficient (Wildman–Crippen LogP) is 6.25. The van der Waals surface area contributed by atoms with Crippen molar-refractivity contribution in [2.24, 2.45) is 0 Å². The molecule has 0 saturated carbocycles. The van der Waals surface area contributed by atoms with Crippen LogP contribution in [0.4, 0.5) is 5.13 Å². The van der Waals surface area contributed by atoms with E-state index < -0.39 is 0 Å². The Labute approximate surface area is 212 Å². The molecule has 0 fully saturated rings. The fraction of sp³-hybridized carbons (Fsp3) is 0.455. The Morgan fingerprint density at radius 1 is 1.24 bits per heavy atom. The number of hydrogen-bond acceptors (Lipinski definition) is 7. The van der Waals surface area contributed by atoms with Gasteiger partial charge in [-0.3, -0.25) is 9.69 Å². The summed E-state index contributed by atoms with van der Waals surface area (Å²) in [6.07, 6.45) is 3.05. The summed E-state index contributed by atoms with van der Waals surface area (Å²) in [6, 6.07) is 5.53. The monoisotopic (exact) mass is 526 g/mol. The number of rotatable bonds is 11. The maximum Gasteiger partial charge on any atom is 0.236 e. The highest BCUT2D eigenvalue weighted by Crippen LogP contribution is 2.31. The van der Waals surface area contributed by atoms with Gasteiger partial charge in [0.25, 0.3) is 0 Å². The van der Waals surface area contributed by atoms with Gasteiger partial charge in [-0.15, -0.1) is 21.5 Å². The van der Waals surface area contributed by atoms with Crippen LogP contribution in [0, 0.1) is 0 Å². The lowest BCUT2D eigenvalue weighted by atomic mass is 10.2. The second-order valence-electron chi connectivity index (χ2n) is 7.74. The Balaban J connectivity index is 1.65. The molecule has 3 rings (SSSR count). The number of benzene rings is 1. The van der Waals surface area contributed by atoms with E-state index in [0.29, 0.717) is 15.2 Å². The lowest BCUT2D eigenvalue weighted by Gasteiger charge is -2.23. The smallest absolute Gasteiger partial charge is 0.236 e. The van der Waals surface area contributed by atoms with E-state index in [1.807, 2.05) is 25.5 Å². The van der Waals surface area contributed by atoms with Gasteiger partial charge in [0.1, 0.15) is 0 Å². The maximum atomic E-state index is 12.6. The summed E-state index contributed by atoms with van der Waals surface area (Å²) in [5.74, 6) is 1.04. The van der Waals surface area contributed by atoms with Crippen molar-refractivity contribution >= 4 is 57.3 Å². The first kappa shape index (κ1) is 26.0. The van der Waals surface area contributed by atoms with Crippen LogP contribution in [0.2, 0.25) is 10.0 Å². The molecule has 0 aliphatic carbocycles. The summed E-state index contributed by atoms with van der Waals surface area (Å²) >= 11 is 14.8. The zero-order valence-electron chi connectivity index (χ0n) is 19.1. The molecule has 3 aromatic rings. The zero-order valence-corrected chi connectivity index (χ0v) is 22.3. The average molecular weight is 528 g/mol. The third kappa shape index (κ3) is 6.70. The maximum absolute atomic E-state index is 12.6. The van der Waals surface area contributed by atoms with E-state index in [-0.39, 0.29) is 17.7 Å². The van der Waals surface area contributed by atoms with E-state index in [9.17, 15) is 4.79 Å². The molecule has 0 radical (unpaired) electrons. The molecule has 0 bridgehead atoms. The number of aromatic nitrogens is 4. The lowest BCUT2D eigenvalue weighted by molar-refractivity contribution is -0.113. The fourth-order valence-electron chi connectivity index (χ4n) is 3.36. The van der Waals surface area contributed by atoms with Crippen molar-refractivity contribution in [2.75, 3.05) is 25.2 Å². The van der Waals surface area contributed by atoms with Gasteiger partial charge in [-0.05, 0) is 39.1 Å². The van der Waals surface area contributed by atoms with Crippen molar-refractivity contribution in [3.05, 3.63) is 39.4 Å². The van der Waals surface area contributed by atoms with Gasteiger partial charge in [0.05, 0.1) is 27.5 Å². The summed E-state index contributed by atoms with van der Waals surface area (Å²) in [4.78, 5) is 19.2. The minimum absolute atomic E-state index is 0.138. The number of nitrogens with one attached hydrogen (secondary N) is 1. The van der Waals surface area contributed by atoms with Crippen LogP contribution in [0.25, 0.3) is 11.3 Å². The lowest BCUT2D eigenvalue weighted by Crippen LogP contribution is -2.23. The SMILES string of the molecule is CCCCn1c(SCC(=O)Nc2nc(-c3ccc(Cl)c(Cl)c3)cs2)nnc1[C@H](CC)N(C)C. The van der Waals surface area contributed by atoms with Crippen LogP contribution >= 0.6 is 46.3 Å². The van der Waals surface area contributed by atoms with Crippen LogP contribution in [-0.4, -0.2) is 50.4 Å². The Morgan fingerprint density at radius 3 is 2.70 bits per heavy atom. The summed E-state index contributed by atoms with van der Waals surface area (Å²) in [5, 5.41) is 15.9. The molecular formula is C22H28Cl2N6OS2. The van der Waals surface area contributed by atoms with Gasteiger partial charge in [-0.1, -0.05) is 61.3 Å². The number of carbonyl (C=O) groups is 1. The number of amides is 1.